The van der Waals surface area contributed by atoms with E-state index in [4.69, 9.17) is 19.9 Å². The van der Waals surface area contributed by atoms with Gasteiger partial charge in [0.1, 0.15) is 0 Å². The Morgan fingerprint density at radius 1 is 0.309 bits per heavy atom. The monoisotopic (exact) mass is 885 g/mol. The van der Waals surface area contributed by atoms with Crippen molar-refractivity contribution in [3.05, 3.63) is 237 Å². The molecule has 0 amide bonds. The smallest absolute Gasteiger partial charge is 0.166 e. The van der Waals surface area contributed by atoms with Crippen molar-refractivity contribution in [3.63, 3.8) is 0 Å². The van der Waals surface area contributed by atoms with Crippen molar-refractivity contribution in [2.45, 2.75) is 0 Å². The highest BCUT2D eigenvalue weighted by molar-refractivity contribution is 7.25. The minimum atomic E-state index is 0.549. The fourth-order valence-electron chi connectivity index (χ4n) is 9.65. The molecule has 5 nitrogen and oxygen atoms in total. The predicted octanol–water partition coefficient (Wildman–Crippen LogP) is 16.4. The van der Waals surface area contributed by atoms with Gasteiger partial charge in [-0.05, 0) is 82.4 Å². The number of benzene rings is 9. The van der Waals surface area contributed by atoms with E-state index in [-0.39, 0.29) is 0 Å². The topological polar surface area (TPSA) is 56.5 Å². The van der Waals surface area contributed by atoms with Gasteiger partial charge in [-0.1, -0.05) is 176 Å². The Morgan fingerprint density at radius 3 is 1.56 bits per heavy atom. The van der Waals surface area contributed by atoms with Gasteiger partial charge in [0.15, 0.2) is 17.5 Å². The van der Waals surface area contributed by atoms with E-state index in [1.807, 2.05) is 53.9 Å². The molecule has 13 rings (SSSR count). The third-order valence-electron chi connectivity index (χ3n) is 12.9. The van der Waals surface area contributed by atoms with Gasteiger partial charge < -0.3 is 4.57 Å². The van der Waals surface area contributed by atoms with E-state index in [0.29, 0.717) is 17.5 Å². The summed E-state index contributed by atoms with van der Waals surface area (Å²) >= 11 is 1.83. The highest BCUT2D eigenvalue weighted by atomic mass is 32.1. The largest absolute Gasteiger partial charge is 0.309 e. The van der Waals surface area contributed by atoms with Gasteiger partial charge in [-0.2, -0.15) is 0 Å². The van der Waals surface area contributed by atoms with E-state index in [1.165, 1.54) is 42.0 Å². The van der Waals surface area contributed by atoms with Crippen LogP contribution in [-0.2, 0) is 0 Å². The molecule has 0 aliphatic carbocycles. The summed E-state index contributed by atoms with van der Waals surface area (Å²) in [7, 11) is 0. The first kappa shape index (κ1) is 39.5. The van der Waals surface area contributed by atoms with Crippen LogP contribution in [0.4, 0.5) is 0 Å². The van der Waals surface area contributed by atoms with Crippen LogP contribution < -0.4 is 0 Å². The zero-order chi connectivity index (χ0) is 45.0. The first-order valence-corrected chi connectivity index (χ1v) is 23.6. The summed E-state index contributed by atoms with van der Waals surface area (Å²) in [5.74, 6) is 1.74. The molecule has 0 N–H and O–H groups in total. The highest BCUT2D eigenvalue weighted by Crippen LogP contribution is 2.44. The number of rotatable bonds is 8. The number of aromatic nitrogens is 5. The number of hydrogen-bond acceptors (Lipinski definition) is 5. The first-order valence-electron chi connectivity index (χ1n) is 22.8. The van der Waals surface area contributed by atoms with Gasteiger partial charge in [-0.15, -0.1) is 11.3 Å². The van der Waals surface area contributed by atoms with Gasteiger partial charge in [0.2, 0.25) is 0 Å². The fraction of sp³-hybridized carbons (Fsp3) is 0. The van der Waals surface area contributed by atoms with Gasteiger partial charge in [0.25, 0.3) is 0 Å². The molecule has 0 atom stereocenters. The van der Waals surface area contributed by atoms with E-state index >= 15 is 0 Å². The lowest BCUT2D eigenvalue weighted by Gasteiger charge is -2.16. The number of nitrogens with zero attached hydrogens (tertiary/aromatic N) is 5. The molecule has 0 fully saturated rings. The summed E-state index contributed by atoms with van der Waals surface area (Å²) in [6.45, 7) is 0. The lowest BCUT2D eigenvalue weighted by atomic mass is 9.90. The Kier molecular flexibility index (Phi) is 9.62. The SMILES string of the molecule is c1ccc(-c2ccc(-c3ccccc3)c(-c3cnc(-c4ccc5sc6cc7c(cc6c5c4)c4ccccc4n7-c4ccccc4)c(-c4nc(-c5ccccc5)nc(-c5ccccc5)n4)c3)c2)cc1. The highest BCUT2D eigenvalue weighted by Gasteiger charge is 2.22. The summed E-state index contributed by atoms with van der Waals surface area (Å²) in [6, 6.07) is 81.3. The van der Waals surface area contributed by atoms with Crippen LogP contribution in [-0.4, -0.2) is 24.5 Å². The number of thiophene rings is 1. The second kappa shape index (κ2) is 16.5. The Labute approximate surface area is 397 Å². The molecule has 0 aliphatic heterocycles. The van der Waals surface area contributed by atoms with Gasteiger partial charge in [-0.25, -0.2) is 15.0 Å². The number of pyridine rings is 1. The van der Waals surface area contributed by atoms with Crippen molar-refractivity contribution in [2.24, 2.45) is 0 Å². The molecule has 4 aromatic heterocycles. The van der Waals surface area contributed by atoms with Crippen LogP contribution >= 0.6 is 11.3 Å². The third-order valence-corrected chi connectivity index (χ3v) is 14.0. The van der Waals surface area contributed by atoms with Gasteiger partial charge in [-0.3, -0.25) is 4.98 Å². The van der Waals surface area contributed by atoms with Crippen LogP contribution in [0, 0.1) is 0 Å². The summed E-state index contributed by atoms with van der Waals surface area (Å²) in [4.78, 5) is 21.1. The fourth-order valence-corrected chi connectivity index (χ4v) is 10.7. The Hall–Kier alpha value is -8.84. The Morgan fingerprint density at radius 2 is 0.868 bits per heavy atom. The molecule has 0 saturated heterocycles. The molecule has 0 aliphatic rings. The number of hydrogen-bond donors (Lipinski definition) is 0. The lowest BCUT2D eigenvalue weighted by Crippen LogP contribution is -2.02. The maximum atomic E-state index is 5.44. The maximum Gasteiger partial charge on any atom is 0.166 e. The second-order valence-corrected chi connectivity index (χ2v) is 18.1. The third kappa shape index (κ3) is 6.94. The molecule has 0 spiro atoms. The molecule has 13 aromatic rings. The lowest BCUT2D eigenvalue weighted by molar-refractivity contribution is 1.07. The second-order valence-electron chi connectivity index (χ2n) is 17.0. The van der Waals surface area contributed by atoms with Crippen molar-refractivity contribution >= 4 is 53.3 Å². The average molecular weight is 886 g/mol. The molecule has 4 heterocycles. The van der Waals surface area contributed by atoms with Crippen molar-refractivity contribution in [3.8, 4) is 84.5 Å². The van der Waals surface area contributed by atoms with Crippen LogP contribution in [0.25, 0.3) is 126 Å². The molecule has 68 heavy (non-hydrogen) atoms. The molecule has 0 radical (unpaired) electrons. The molecular weight excluding hydrogens is 847 g/mol. The van der Waals surface area contributed by atoms with E-state index in [9.17, 15) is 0 Å². The zero-order valence-electron chi connectivity index (χ0n) is 36.7. The van der Waals surface area contributed by atoms with E-state index < -0.39 is 0 Å². The molecule has 0 unspecified atom stereocenters. The van der Waals surface area contributed by atoms with Crippen LogP contribution in [0.15, 0.2) is 237 Å². The first-order chi connectivity index (χ1) is 33.7. The van der Waals surface area contributed by atoms with Crippen molar-refractivity contribution in [2.75, 3.05) is 0 Å². The maximum absolute atomic E-state index is 5.44. The van der Waals surface area contributed by atoms with E-state index in [1.54, 1.807) is 0 Å². The van der Waals surface area contributed by atoms with Crippen molar-refractivity contribution in [1.29, 1.82) is 0 Å². The zero-order valence-corrected chi connectivity index (χ0v) is 37.5. The minimum absolute atomic E-state index is 0.549. The van der Waals surface area contributed by atoms with Crippen LogP contribution in [0.1, 0.15) is 0 Å². The molecule has 9 aromatic carbocycles. The average Bonchev–Trinajstić information content (AvgIpc) is 3.95. The Balaban J connectivity index is 1.05. The molecule has 318 valence electrons. The number of para-hydroxylation sites is 2. The Bertz CT molecular complexity index is 3940. The molecule has 0 bridgehead atoms. The van der Waals surface area contributed by atoms with Crippen LogP contribution in [0.5, 0.6) is 0 Å². The van der Waals surface area contributed by atoms with Gasteiger partial charge >= 0.3 is 0 Å². The van der Waals surface area contributed by atoms with Crippen molar-refractivity contribution in [1.82, 2.24) is 24.5 Å². The summed E-state index contributed by atoms with van der Waals surface area (Å²) in [5, 5.41) is 4.86. The van der Waals surface area contributed by atoms with E-state index in [2.05, 4.69) is 199 Å². The van der Waals surface area contributed by atoms with E-state index in [0.717, 1.165) is 67.0 Å². The molecular formula is C62H39N5S. The van der Waals surface area contributed by atoms with Crippen LogP contribution in [0.2, 0.25) is 0 Å². The van der Waals surface area contributed by atoms with Gasteiger partial charge in [0.05, 0.1) is 16.7 Å². The number of fused-ring (bicyclic) bond motifs is 6. The van der Waals surface area contributed by atoms with Crippen molar-refractivity contribution < 1.29 is 0 Å². The summed E-state index contributed by atoms with van der Waals surface area (Å²) in [5.41, 5.74) is 14.5. The normalized spacial score (nSPS) is 11.5. The quantitative estimate of drug-likeness (QED) is 0.153. The van der Waals surface area contributed by atoms with Crippen LogP contribution in [0.3, 0.4) is 0 Å². The van der Waals surface area contributed by atoms with Gasteiger partial charge in [0, 0.05) is 70.6 Å². The molecule has 0 saturated carbocycles. The molecule has 6 heteroatoms. The standard InChI is InChI=1S/C62H39N5S/c1-6-18-40(19-7-1)44-30-32-48(41-20-8-2-9-21-41)50(34-44)46-36-54(62-65-60(42-22-10-3-11-23-42)64-61(66-62)43-24-12-4-13-25-43)59(63-39-46)45-31-33-57-52(35-45)53-37-51-49-28-16-17-29-55(49)67(47-26-14-5-15-27-47)56(51)38-58(53)68-57/h1-39H. The summed E-state index contributed by atoms with van der Waals surface area (Å²) in [6.07, 6.45) is 2.02. The predicted molar refractivity (Wildman–Crippen MR) is 283 cm³/mol. The minimum Gasteiger partial charge on any atom is -0.309 e. The summed E-state index contributed by atoms with van der Waals surface area (Å²) < 4.78 is 4.84.